The molecule has 0 spiro atoms. The summed E-state index contributed by atoms with van der Waals surface area (Å²) in [5.41, 5.74) is 3.26. The molecule has 3 heterocycles. The summed E-state index contributed by atoms with van der Waals surface area (Å²) >= 11 is 0. The number of carbonyl (C=O) groups excluding carboxylic acids is 1. The molecule has 6 heteroatoms. The van der Waals surface area contributed by atoms with E-state index in [0.29, 0.717) is 6.42 Å². The van der Waals surface area contributed by atoms with Gasteiger partial charge in [0.15, 0.2) is 5.76 Å². The van der Waals surface area contributed by atoms with Crippen molar-refractivity contribution in [3.63, 3.8) is 0 Å². The van der Waals surface area contributed by atoms with Gasteiger partial charge in [-0.1, -0.05) is 23.4 Å². The van der Waals surface area contributed by atoms with Gasteiger partial charge in [-0.3, -0.25) is 9.69 Å². The van der Waals surface area contributed by atoms with E-state index in [1.54, 1.807) is 0 Å². The van der Waals surface area contributed by atoms with Crippen LogP contribution in [-0.4, -0.2) is 52.0 Å². The van der Waals surface area contributed by atoms with Crippen molar-refractivity contribution in [1.29, 1.82) is 0 Å². The molecule has 0 unspecified atom stereocenters. The molecular weight excluding hydrogens is 328 g/mol. The highest BCUT2D eigenvalue weighted by Crippen LogP contribution is 2.19. The first-order chi connectivity index (χ1) is 12.7. The molecule has 0 atom stereocenters. The third kappa shape index (κ3) is 3.65. The Labute approximate surface area is 152 Å². The van der Waals surface area contributed by atoms with Crippen molar-refractivity contribution in [2.24, 2.45) is 0 Å². The van der Waals surface area contributed by atoms with Crippen LogP contribution in [0.3, 0.4) is 0 Å². The van der Waals surface area contributed by atoms with Crippen molar-refractivity contribution >= 4 is 16.8 Å². The van der Waals surface area contributed by atoms with E-state index < -0.39 is 0 Å². The standard InChI is InChI=1S/C20H24N4O2/c1-15-12-17(26-22-15)14-23-8-10-24(11-9-23)20(25)7-6-16-13-21-19-5-3-2-4-18(16)19/h2-5,12-13,21H,6-11,14H2,1H3. The molecule has 1 aliphatic heterocycles. The van der Waals surface area contributed by atoms with Crippen LogP contribution in [0.4, 0.5) is 0 Å². The van der Waals surface area contributed by atoms with E-state index in [-0.39, 0.29) is 5.91 Å². The quantitative estimate of drug-likeness (QED) is 0.767. The second-order valence-corrected chi connectivity index (χ2v) is 6.95. The highest BCUT2D eigenvalue weighted by molar-refractivity contribution is 5.84. The van der Waals surface area contributed by atoms with Crippen molar-refractivity contribution in [1.82, 2.24) is 19.9 Å². The lowest BCUT2D eigenvalue weighted by Crippen LogP contribution is -2.48. The summed E-state index contributed by atoms with van der Waals surface area (Å²) in [5.74, 6) is 1.13. The lowest BCUT2D eigenvalue weighted by Gasteiger charge is -2.34. The topological polar surface area (TPSA) is 65.4 Å². The molecule has 1 aliphatic rings. The number of hydrogen-bond donors (Lipinski definition) is 1. The number of aryl methyl sites for hydroxylation is 2. The molecular formula is C20H24N4O2. The third-order valence-electron chi connectivity index (χ3n) is 5.06. The zero-order valence-electron chi connectivity index (χ0n) is 15.1. The maximum Gasteiger partial charge on any atom is 0.222 e. The van der Waals surface area contributed by atoms with Gasteiger partial charge in [0.2, 0.25) is 5.91 Å². The van der Waals surface area contributed by atoms with Crippen molar-refractivity contribution in [3.05, 3.63) is 53.5 Å². The van der Waals surface area contributed by atoms with Crippen molar-refractivity contribution in [2.45, 2.75) is 26.3 Å². The molecule has 2 aromatic heterocycles. The summed E-state index contributed by atoms with van der Waals surface area (Å²) in [6.45, 7) is 5.99. The molecule has 26 heavy (non-hydrogen) atoms. The van der Waals surface area contributed by atoms with Crippen LogP contribution < -0.4 is 0 Å². The van der Waals surface area contributed by atoms with E-state index in [0.717, 1.165) is 56.1 Å². The summed E-state index contributed by atoms with van der Waals surface area (Å²) in [6.07, 6.45) is 3.36. The van der Waals surface area contributed by atoms with Crippen LogP contribution in [-0.2, 0) is 17.8 Å². The molecule has 1 fully saturated rings. The van der Waals surface area contributed by atoms with Gasteiger partial charge in [-0.15, -0.1) is 0 Å². The molecule has 3 aromatic rings. The number of para-hydroxylation sites is 1. The maximum atomic E-state index is 12.6. The van der Waals surface area contributed by atoms with Crippen LogP contribution in [0, 0.1) is 6.92 Å². The Morgan fingerprint density at radius 3 is 2.81 bits per heavy atom. The van der Waals surface area contributed by atoms with Gasteiger partial charge < -0.3 is 14.4 Å². The van der Waals surface area contributed by atoms with Gasteiger partial charge in [0, 0.05) is 55.8 Å². The molecule has 0 aliphatic carbocycles. The predicted molar refractivity (Wildman–Crippen MR) is 99.7 cm³/mol. The molecule has 1 N–H and O–H groups in total. The van der Waals surface area contributed by atoms with Gasteiger partial charge in [0.1, 0.15) is 0 Å². The number of aromatic nitrogens is 2. The molecule has 1 aromatic carbocycles. The molecule has 1 saturated heterocycles. The van der Waals surface area contributed by atoms with Gasteiger partial charge in [0.25, 0.3) is 0 Å². The highest BCUT2D eigenvalue weighted by Gasteiger charge is 2.22. The summed E-state index contributed by atoms with van der Waals surface area (Å²) in [5, 5.41) is 5.14. The summed E-state index contributed by atoms with van der Waals surface area (Å²) in [6, 6.07) is 10.2. The van der Waals surface area contributed by atoms with E-state index in [4.69, 9.17) is 4.52 Å². The number of aromatic amines is 1. The van der Waals surface area contributed by atoms with E-state index in [9.17, 15) is 4.79 Å². The van der Waals surface area contributed by atoms with E-state index in [1.807, 2.05) is 36.2 Å². The zero-order chi connectivity index (χ0) is 17.9. The van der Waals surface area contributed by atoms with Crippen LogP contribution in [0.25, 0.3) is 10.9 Å². The average molecular weight is 352 g/mol. The fraction of sp³-hybridized carbons (Fsp3) is 0.400. The smallest absolute Gasteiger partial charge is 0.222 e. The fourth-order valence-electron chi connectivity index (χ4n) is 3.60. The minimum absolute atomic E-state index is 0.241. The number of H-pyrrole nitrogens is 1. The molecule has 0 bridgehead atoms. The Bertz CT molecular complexity index is 890. The van der Waals surface area contributed by atoms with Crippen LogP contribution in [0.15, 0.2) is 41.1 Å². The Morgan fingerprint density at radius 1 is 1.23 bits per heavy atom. The van der Waals surface area contributed by atoms with Gasteiger partial charge in [-0.2, -0.15) is 0 Å². The highest BCUT2D eigenvalue weighted by atomic mass is 16.5. The second-order valence-electron chi connectivity index (χ2n) is 6.95. The lowest BCUT2D eigenvalue weighted by molar-refractivity contribution is -0.133. The molecule has 0 saturated carbocycles. The molecule has 4 rings (SSSR count). The van der Waals surface area contributed by atoms with Crippen LogP contribution >= 0.6 is 0 Å². The monoisotopic (exact) mass is 352 g/mol. The minimum atomic E-state index is 0.241. The lowest BCUT2D eigenvalue weighted by atomic mass is 10.1. The van der Waals surface area contributed by atoms with Crippen LogP contribution in [0.2, 0.25) is 0 Å². The first-order valence-corrected chi connectivity index (χ1v) is 9.16. The Kier molecular flexibility index (Phi) is 4.75. The fourth-order valence-corrected chi connectivity index (χ4v) is 3.60. The Balaban J connectivity index is 1.27. The number of nitrogens with one attached hydrogen (secondary N) is 1. The SMILES string of the molecule is Cc1cc(CN2CCN(C(=O)CCc3c[nH]c4ccccc34)CC2)on1. The van der Waals surface area contributed by atoms with Gasteiger partial charge >= 0.3 is 0 Å². The number of carbonyl (C=O) groups is 1. The summed E-state index contributed by atoms with van der Waals surface area (Å²) in [4.78, 5) is 20.1. The second kappa shape index (κ2) is 7.33. The molecule has 1 amide bonds. The summed E-state index contributed by atoms with van der Waals surface area (Å²) in [7, 11) is 0. The van der Waals surface area contributed by atoms with E-state index in [2.05, 4.69) is 27.2 Å². The summed E-state index contributed by atoms with van der Waals surface area (Å²) < 4.78 is 5.28. The van der Waals surface area contributed by atoms with Gasteiger partial charge in [-0.05, 0) is 25.0 Å². The zero-order valence-corrected chi connectivity index (χ0v) is 15.1. The van der Waals surface area contributed by atoms with Gasteiger partial charge in [-0.25, -0.2) is 0 Å². The third-order valence-corrected chi connectivity index (χ3v) is 5.06. The normalized spacial score (nSPS) is 15.7. The van der Waals surface area contributed by atoms with E-state index >= 15 is 0 Å². The van der Waals surface area contributed by atoms with Gasteiger partial charge in [0.05, 0.1) is 12.2 Å². The molecule has 136 valence electrons. The number of amides is 1. The number of benzene rings is 1. The van der Waals surface area contributed by atoms with Crippen molar-refractivity contribution in [2.75, 3.05) is 26.2 Å². The number of piperazine rings is 1. The first kappa shape index (κ1) is 16.8. The van der Waals surface area contributed by atoms with Crippen molar-refractivity contribution in [3.8, 4) is 0 Å². The maximum absolute atomic E-state index is 12.6. The number of rotatable bonds is 5. The molecule has 0 radical (unpaired) electrons. The minimum Gasteiger partial charge on any atom is -0.361 e. The Morgan fingerprint density at radius 2 is 2.04 bits per heavy atom. The van der Waals surface area contributed by atoms with Crippen molar-refractivity contribution < 1.29 is 9.32 Å². The Hall–Kier alpha value is -2.60. The van der Waals surface area contributed by atoms with E-state index in [1.165, 1.54) is 10.9 Å². The van der Waals surface area contributed by atoms with Crippen LogP contribution in [0.5, 0.6) is 0 Å². The van der Waals surface area contributed by atoms with Crippen LogP contribution in [0.1, 0.15) is 23.4 Å². The number of hydrogen-bond acceptors (Lipinski definition) is 4. The average Bonchev–Trinajstić information content (AvgIpc) is 3.26. The number of nitrogens with zero attached hydrogens (tertiary/aromatic N) is 3. The molecule has 6 nitrogen and oxygen atoms in total. The largest absolute Gasteiger partial charge is 0.361 e. The number of fused-ring (bicyclic) bond motifs is 1. The predicted octanol–water partition coefficient (Wildman–Crippen LogP) is 2.74. The first-order valence-electron chi connectivity index (χ1n) is 9.16.